The fourth-order valence-electron chi connectivity index (χ4n) is 3.33. The van der Waals surface area contributed by atoms with Gasteiger partial charge in [0, 0.05) is 12.5 Å². The van der Waals surface area contributed by atoms with Crippen LogP contribution < -0.4 is 0 Å². The summed E-state index contributed by atoms with van der Waals surface area (Å²) in [6.45, 7) is 11.6. The second-order valence-electron chi connectivity index (χ2n) is 7.26. The minimum absolute atomic E-state index is 0.203. The average Bonchev–Trinajstić information content (AvgIpc) is 2.51. The molecular formula is C20H42O2. The summed E-state index contributed by atoms with van der Waals surface area (Å²) in [5, 5.41) is 10.3. The van der Waals surface area contributed by atoms with Gasteiger partial charge in [0.1, 0.15) is 0 Å². The van der Waals surface area contributed by atoms with Crippen molar-refractivity contribution in [2.24, 2.45) is 11.3 Å². The van der Waals surface area contributed by atoms with Gasteiger partial charge in [-0.1, -0.05) is 85.5 Å². The largest absolute Gasteiger partial charge is 0.368 e. The third-order valence-electron chi connectivity index (χ3n) is 5.32. The summed E-state index contributed by atoms with van der Waals surface area (Å²) < 4.78 is 5.48. The molecule has 0 heterocycles. The van der Waals surface area contributed by atoms with Gasteiger partial charge in [0.05, 0.1) is 0 Å². The van der Waals surface area contributed by atoms with Gasteiger partial charge in [0.25, 0.3) is 0 Å². The zero-order valence-corrected chi connectivity index (χ0v) is 16.0. The van der Waals surface area contributed by atoms with E-state index in [4.69, 9.17) is 4.74 Å². The Balaban J connectivity index is 4.45. The highest BCUT2D eigenvalue weighted by Crippen LogP contribution is 2.40. The molecule has 0 spiro atoms. The number of aliphatic hydroxyl groups is 1. The maximum Gasteiger partial charge on any atom is 0.157 e. The third kappa shape index (κ3) is 9.15. The molecule has 0 aromatic carbocycles. The van der Waals surface area contributed by atoms with Crippen molar-refractivity contribution in [3.8, 4) is 0 Å². The van der Waals surface area contributed by atoms with Gasteiger partial charge in [-0.05, 0) is 25.2 Å². The third-order valence-corrected chi connectivity index (χ3v) is 5.32. The molecule has 0 aromatic rings. The van der Waals surface area contributed by atoms with E-state index in [0.29, 0.717) is 6.61 Å². The van der Waals surface area contributed by atoms with Crippen LogP contribution in [0.25, 0.3) is 0 Å². The lowest BCUT2D eigenvalue weighted by Gasteiger charge is -2.38. The molecule has 0 saturated heterocycles. The summed E-state index contributed by atoms with van der Waals surface area (Å²) in [5.74, 6) is 0.209. The van der Waals surface area contributed by atoms with Crippen LogP contribution in [0.1, 0.15) is 105 Å². The monoisotopic (exact) mass is 314 g/mol. The Morgan fingerprint density at radius 3 is 1.73 bits per heavy atom. The molecule has 1 N–H and O–H groups in total. The Morgan fingerprint density at radius 2 is 1.27 bits per heavy atom. The highest BCUT2D eigenvalue weighted by atomic mass is 16.6. The Morgan fingerprint density at radius 1 is 0.818 bits per heavy atom. The van der Waals surface area contributed by atoms with Crippen LogP contribution in [0.2, 0.25) is 0 Å². The van der Waals surface area contributed by atoms with Crippen LogP contribution in [0.15, 0.2) is 0 Å². The highest BCUT2D eigenvalue weighted by molar-refractivity contribution is 4.82. The minimum Gasteiger partial charge on any atom is -0.368 e. The van der Waals surface area contributed by atoms with E-state index >= 15 is 0 Å². The maximum atomic E-state index is 10.3. The van der Waals surface area contributed by atoms with Gasteiger partial charge in [-0.15, -0.1) is 0 Å². The summed E-state index contributed by atoms with van der Waals surface area (Å²) in [5.41, 5.74) is 0.203. The molecule has 0 rings (SSSR count). The van der Waals surface area contributed by atoms with Crippen LogP contribution >= 0.6 is 0 Å². The summed E-state index contributed by atoms with van der Waals surface area (Å²) in [7, 11) is 0. The Bertz CT molecular complexity index is 242. The summed E-state index contributed by atoms with van der Waals surface area (Å²) >= 11 is 0. The van der Waals surface area contributed by atoms with Crippen LogP contribution in [0.3, 0.4) is 0 Å². The van der Waals surface area contributed by atoms with Crippen LogP contribution in [0, 0.1) is 11.3 Å². The molecule has 0 aromatic heterocycles. The zero-order chi connectivity index (χ0) is 16.8. The number of hydrogen-bond acceptors (Lipinski definition) is 2. The van der Waals surface area contributed by atoms with E-state index in [9.17, 15) is 5.11 Å². The van der Waals surface area contributed by atoms with Crippen molar-refractivity contribution in [3.05, 3.63) is 0 Å². The van der Waals surface area contributed by atoms with Gasteiger partial charge in [0.15, 0.2) is 6.29 Å². The quantitative estimate of drug-likeness (QED) is 0.283. The van der Waals surface area contributed by atoms with Gasteiger partial charge in [-0.3, -0.25) is 0 Å². The lowest BCUT2D eigenvalue weighted by Crippen LogP contribution is -2.36. The summed E-state index contributed by atoms with van der Waals surface area (Å²) in [6.07, 6.45) is 13.6. The SMILES string of the molecule is CCCCCCCC(C)(CCCCCC)[C@@H](C)[C@@H](O)OCC. The van der Waals surface area contributed by atoms with Gasteiger partial charge in [0.2, 0.25) is 0 Å². The predicted molar refractivity (Wildman–Crippen MR) is 97.0 cm³/mol. The van der Waals surface area contributed by atoms with Crippen molar-refractivity contribution in [2.75, 3.05) is 6.61 Å². The average molecular weight is 315 g/mol. The van der Waals surface area contributed by atoms with Crippen molar-refractivity contribution >= 4 is 0 Å². The summed E-state index contributed by atoms with van der Waals surface area (Å²) in [6, 6.07) is 0. The first kappa shape index (κ1) is 21.9. The van der Waals surface area contributed by atoms with E-state index in [2.05, 4.69) is 27.7 Å². The molecule has 0 aliphatic heterocycles. The van der Waals surface area contributed by atoms with Crippen molar-refractivity contribution in [2.45, 2.75) is 112 Å². The first-order valence-electron chi connectivity index (χ1n) is 9.81. The van der Waals surface area contributed by atoms with Gasteiger partial charge < -0.3 is 9.84 Å². The first-order valence-corrected chi connectivity index (χ1v) is 9.81. The molecule has 3 atom stereocenters. The number of hydrogen-bond donors (Lipinski definition) is 1. The lowest BCUT2D eigenvalue weighted by atomic mass is 9.70. The predicted octanol–water partition coefficient (Wildman–Crippen LogP) is 6.31. The van der Waals surface area contributed by atoms with Crippen LogP contribution in [-0.4, -0.2) is 18.0 Å². The fraction of sp³-hybridized carbons (Fsp3) is 1.00. The molecule has 0 radical (unpaired) electrons. The first-order chi connectivity index (χ1) is 10.5. The second kappa shape index (κ2) is 13.4. The normalized spacial score (nSPS) is 17.2. The number of rotatable bonds is 15. The van der Waals surface area contributed by atoms with Gasteiger partial charge >= 0.3 is 0 Å². The molecule has 2 nitrogen and oxygen atoms in total. The molecule has 1 unspecified atom stereocenters. The Hall–Kier alpha value is -0.0800. The van der Waals surface area contributed by atoms with Gasteiger partial charge in [-0.25, -0.2) is 0 Å². The zero-order valence-electron chi connectivity index (χ0n) is 16.0. The molecule has 0 aliphatic carbocycles. The molecule has 0 bridgehead atoms. The number of ether oxygens (including phenoxy) is 1. The second-order valence-corrected chi connectivity index (χ2v) is 7.26. The molecule has 0 amide bonds. The standard InChI is InChI=1S/C20H42O2/c1-6-9-11-13-15-17-20(5,16-14-12-10-7-2)18(4)19(21)22-8-3/h18-19,21H,6-17H2,1-5H3/t18-,19-,20?/m0/s1. The molecule has 0 saturated carbocycles. The number of unbranched alkanes of at least 4 members (excludes halogenated alkanes) is 7. The van der Waals surface area contributed by atoms with Crippen molar-refractivity contribution in [1.29, 1.82) is 0 Å². The summed E-state index contributed by atoms with van der Waals surface area (Å²) in [4.78, 5) is 0. The molecule has 2 heteroatoms. The van der Waals surface area contributed by atoms with E-state index in [1.165, 1.54) is 70.6 Å². The molecular weight excluding hydrogens is 272 g/mol. The lowest BCUT2D eigenvalue weighted by molar-refractivity contribution is -0.156. The van der Waals surface area contributed by atoms with E-state index in [0.717, 1.165) is 0 Å². The van der Waals surface area contributed by atoms with Crippen molar-refractivity contribution in [1.82, 2.24) is 0 Å². The maximum absolute atomic E-state index is 10.3. The molecule has 0 aliphatic rings. The van der Waals surface area contributed by atoms with E-state index < -0.39 is 6.29 Å². The van der Waals surface area contributed by atoms with Crippen molar-refractivity contribution < 1.29 is 9.84 Å². The van der Waals surface area contributed by atoms with Gasteiger partial charge in [-0.2, -0.15) is 0 Å². The molecule has 134 valence electrons. The molecule has 0 fully saturated rings. The topological polar surface area (TPSA) is 29.5 Å². The van der Waals surface area contributed by atoms with Crippen LogP contribution in [0.5, 0.6) is 0 Å². The highest BCUT2D eigenvalue weighted by Gasteiger charge is 2.34. The fourth-order valence-corrected chi connectivity index (χ4v) is 3.33. The van der Waals surface area contributed by atoms with Crippen molar-refractivity contribution in [3.63, 3.8) is 0 Å². The smallest absolute Gasteiger partial charge is 0.157 e. The van der Waals surface area contributed by atoms with Crippen LogP contribution in [0.4, 0.5) is 0 Å². The Labute approximate surface area is 140 Å². The van der Waals surface area contributed by atoms with E-state index in [-0.39, 0.29) is 11.3 Å². The van der Waals surface area contributed by atoms with Crippen LogP contribution in [-0.2, 0) is 4.74 Å². The van der Waals surface area contributed by atoms with E-state index in [1.54, 1.807) is 0 Å². The minimum atomic E-state index is -0.614. The van der Waals surface area contributed by atoms with E-state index in [1.807, 2.05) is 6.92 Å². The number of aliphatic hydroxyl groups excluding tert-OH is 1. The Kier molecular flexibility index (Phi) is 13.3. The molecule has 22 heavy (non-hydrogen) atoms.